The number of hydrogen-bond donors (Lipinski definition) is 0. The number of imidazole rings is 1. The van der Waals surface area contributed by atoms with Crippen molar-refractivity contribution >= 4 is 11.6 Å². The topological polar surface area (TPSA) is 63.9 Å². The highest BCUT2D eigenvalue weighted by Crippen LogP contribution is 2.32. The van der Waals surface area contributed by atoms with E-state index in [0.717, 1.165) is 24.1 Å². The Labute approximate surface area is 143 Å². The van der Waals surface area contributed by atoms with Crippen LogP contribution in [0.2, 0.25) is 0 Å². The maximum absolute atomic E-state index is 13.5. The number of anilines is 1. The first-order valence-corrected chi connectivity index (χ1v) is 8.07. The minimum atomic E-state index is -0.287. The van der Waals surface area contributed by atoms with E-state index >= 15 is 0 Å². The number of rotatable bonds is 2. The predicted molar refractivity (Wildman–Crippen MR) is 90.1 cm³/mol. The van der Waals surface area contributed by atoms with Crippen LogP contribution in [-0.2, 0) is 6.42 Å². The lowest BCUT2D eigenvalue weighted by molar-refractivity contribution is 0.0969. The zero-order valence-corrected chi connectivity index (χ0v) is 13.6. The molecule has 1 aliphatic heterocycles. The van der Waals surface area contributed by atoms with Crippen LogP contribution >= 0.6 is 0 Å². The first kappa shape index (κ1) is 15.4. The molecular formula is C18H16FN5O. The Morgan fingerprint density at radius 3 is 2.84 bits per heavy atom. The molecule has 0 N–H and O–H groups in total. The average molecular weight is 337 g/mol. The van der Waals surface area contributed by atoms with Crippen LogP contribution in [0.3, 0.4) is 0 Å². The molecule has 1 aliphatic rings. The van der Waals surface area contributed by atoms with Gasteiger partial charge in [-0.05, 0) is 55.7 Å². The van der Waals surface area contributed by atoms with E-state index in [1.54, 1.807) is 46.4 Å². The minimum Gasteiger partial charge on any atom is -0.304 e. The monoisotopic (exact) mass is 337 g/mol. The lowest BCUT2D eigenvalue weighted by Gasteiger charge is -2.35. The van der Waals surface area contributed by atoms with Crippen molar-refractivity contribution < 1.29 is 9.18 Å². The maximum Gasteiger partial charge on any atom is 0.279 e. The average Bonchev–Trinajstić information content (AvgIpc) is 3.16. The molecule has 1 unspecified atom stereocenters. The van der Waals surface area contributed by atoms with E-state index in [1.807, 2.05) is 6.92 Å². The Kier molecular flexibility index (Phi) is 3.76. The van der Waals surface area contributed by atoms with E-state index < -0.39 is 0 Å². The Hall–Kier alpha value is -3.09. The molecule has 0 saturated carbocycles. The molecule has 0 fully saturated rings. The zero-order chi connectivity index (χ0) is 17.4. The summed E-state index contributed by atoms with van der Waals surface area (Å²) in [6.45, 7) is 1.98. The van der Waals surface area contributed by atoms with Crippen molar-refractivity contribution in [1.82, 2.24) is 19.7 Å². The number of aryl methyl sites for hydroxylation is 1. The van der Waals surface area contributed by atoms with Gasteiger partial charge >= 0.3 is 0 Å². The molecular weight excluding hydrogens is 321 g/mol. The summed E-state index contributed by atoms with van der Waals surface area (Å²) < 4.78 is 15.2. The molecule has 0 spiro atoms. The SMILES string of the molecule is CC1CCc2cc(F)ccc2N1C(=O)c1ccc(-n2ccnc2)nn1. The fourth-order valence-corrected chi connectivity index (χ4v) is 3.12. The number of aromatic nitrogens is 4. The molecule has 0 saturated heterocycles. The van der Waals surface area contributed by atoms with Gasteiger partial charge in [-0.2, -0.15) is 0 Å². The van der Waals surface area contributed by atoms with Crippen LogP contribution in [-0.4, -0.2) is 31.7 Å². The van der Waals surface area contributed by atoms with Gasteiger partial charge in [0.15, 0.2) is 11.5 Å². The summed E-state index contributed by atoms with van der Waals surface area (Å²) in [6.07, 6.45) is 6.55. The van der Waals surface area contributed by atoms with Crippen LogP contribution in [0.4, 0.5) is 10.1 Å². The molecule has 0 aliphatic carbocycles. The summed E-state index contributed by atoms with van der Waals surface area (Å²) in [5.74, 6) is 0.0677. The highest BCUT2D eigenvalue weighted by atomic mass is 19.1. The number of carbonyl (C=O) groups is 1. The molecule has 7 heteroatoms. The molecule has 4 rings (SSSR count). The number of benzene rings is 1. The Bertz CT molecular complexity index is 908. The normalized spacial score (nSPS) is 16.6. The van der Waals surface area contributed by atoms with E-state index in [-0.39, 0.29) is 23.5 Å². The van der Waals surface area contributed by atoms with Gasteiger partial charge < -0.3 is 4.90 Å². The summed E-state index contributed by atoms with van der Waals surface area (Å²) >= 11 is 0. The molecule has 126 valence electrons. The number of amides is 1. The number of halogens is 1. The van der Waals surface area contributed by atoms with Crippen LogP contribution in [0.15, 0.2) is 49.1 Å². The first-order chi connectivity index (χ1) is 12.1. The molecule has 25 heavy (non-hydrogen) atoms. The van der Waals surface area contributed by atoms with Crippen LogP contribution in [0, 0.1) is 5.82 Å². The van der Waals surface area contributed by atoms with Crippen molar-refractivity contribution in [2.75, 3.05) is 4.90 Å². The first-order valence-electron chi connectivity index (χ1n) is 8.07. The van der Waals surface area contributed by atoms with Crippen LogP contribution < -0.4 is 4.90 Å². The van der Waals surface area contributed by atoms with Crippen LogP contribution in [0.1, 0.15) is 29.4 Å². The molecule has 1 aromatic carbocycles. The third-order valence-electron chi connectivity index (χ3n) is 4.43. The van der Waals surface area contributed by atoms with Gasteiger partial charge in [0.1, 0.15) is 12.1 Å². The Morgan fingerprint density at radius 1 is 1.24 bits per heavy atom. The van der Waals surface area contributed by atoms with Gasteiger partial charge in [0, 0.05) is 24.1 Å². The van der Waals surface area contributed by atoms with Crippen molar-refractivity contribution in [2.24, 2.45) is 0 Å². The second-order valence-electron chi connectivity index (χ2n) is 6.08. The van der Waals surface area contributed by atoms with E-state index in [9.17, 15) is 9.18 Å². The molecule has 0 radical (unpaired) electrons. The van der Waals surface area contributed by atoms with Crippen molar-refractivity contribution in [2.45, 2.75) is 25.8 Å². The standard InChI is InChI=1S/C18H16FN5O/c1-12-2-3-13-10-14(19)4-6-16(13)24(12)18(25)15-5-7-17(22-21-15)23-9-8-20-11-23/h4-12H,2-3H2,1H3. The molecule has 1 atom stereocenters. The summed E-state index contributed by atoms with van der Waals surface area (Å²) in [7, 11) is 0. The molecule has 1 amide bonds. The largest absolute Gasteiger partial charge is 0.304 e. The van der Waals surface area contributed by atoms with Crippen molar-refractivity contribution in [3.05, 3.63) is 66.1 Å². The van der Waals surface area contributed by atoms with Crippen molar-refractivity contribution in [3.8, 4) is 5.82 Å². The molecule has 3 heterocycles. The molecule has 3 aromatic rings. The Morgan fingerprint density at radius 2 is 2.12 bits per heavy atom. The molecule has 6 nitrogen and oxygen atoms in total. The molecule has 0 bridgehead atoms. The quantitative estimate of drug-likeness (QED) is 0.721. The molecule has 2 aromatic heterocycles. The van der Waals surface area contributed by atoms with Gasteiger partial charge in [-0.15, -0.1) is 10.2 Å². The predicted octanol–water partition coefficient (Wildman–Crippen LogP) is 2.78. The minimum absolute atomic E-state index is 0.0144. The van der Waals surface area contributed by atoms with Crippen molar-refractivity contribution in [3.63, 3.8) is 0 Å². The lowest BCUT2D eigenvalue weighted by atomic mass is 9.96. The lowest BCUT2D eigenvalue weighted by Crippen LogP contribution is -2.42. The van der Waals surface area contributed by atoms with E-state index in [2.05, 4.69) is 15.2 Å². The number of carbonyl (C=O) groups excluding carboxylic acids is 1. The third-order valence-corrected chi connectivity index (χ3v) is 4.43. The second kappa shape index (κ2) is 6.08. The Balaban J connectivity index is 1.67. The zero-order valence-electron chi connectivity index (χ0n) is 13.6. The fraction of sp³-hybridized carbons (Fsp3) is 0.222. The van der Waals surface area contributed by atoms with Gasteiger partial charge in [0.05, 0.1) is 0 Å². The maximum atomic E-state index is 13.5. The van der Waals surface area contributed by atoms with Gasteiger partial charge in [-0.25, -0.2) is 9.37 Å². The van der Waals surface area contributed by atoms with Gasteiger partial charge in [-0.1, -0.05) is 0 Å². The smallest absolute Gasteiger partial charge is 0.279 e. The third kappa shape index (κ3) is 2.77. The van der Waals surface area contributed by atoms with Crippen LogP contribution in [0.25, 0.3) is 5.82 Å². The van der Waals surface area contributed by atoms with Crippen LogP contribution in [0.5, 0.6) is 0 Å². The summed E-state index contributed by atoms with van der Waals surface area (Å²) in [4.78, 5) is 18.6. The van der Waals surface area contributed by atoms with E-state index in [4.69, 9.17) is 0 Å². The van der Waals surface area contributed by atoms with Crippen molar-refractivity contribution in [1.29, 1.82) is 0 Å². The number of nitrogens with zero attached hydrogens (tertiary/aromatic N) is 5. The summed E-state index contributed by atoms with van der Waals surface area (Å²) in [5.41, 5.74) is 1.84. The fourth-order valence-electron chi connectivity index (χ4n) is 3.12. The highest BCUT2D eigenvalue weighted by molar-refractivity contribution is 6.05. The summed E-state index contributed by atoms with van der Waals surface area (Å²) in [6, 6.07) is 7.92. The number of fused-ring (bicyclic) bond motifs is 1. The highest BCUT2D eigenvalue weighted by Gasteiger charge is 2.30. The number of hydrogen-bond acceptors (Lipinski definition) is 4. The van der Waals surface area contributed by atoms with Gasteiger partial charge in [0.25, 0.3) is 5.91 Å². The van der Waals surface area contributed by atoms with E-state index in [0.29, 0.717) is 5.82 Å². The van der Waals surface area contributed by atoms with Gasteiger partial charge in [-0.3, -0.25) is 9.36 Å². The van der Waals surface area contributed by atoms with Gasteiger partial charge in [0.2, 0.25) is 0 Å². The summed E-state index contributed by atoms with van der Waals surface area (Å²) in [5, 5.41) is 8.17. The second-order valence-corrected chi connectivity index (χ2v) is 6.08. The van der Waals surface area contributed by atoms with E-state index in [1.165, 1.54) is 12.1 Å².